The number of ether oxygens (including phenoxy) is 2. The number of halogens is 1. The largest absolute Gasteiger partial charge is 0.490 e. The van der Waals surface area contributed by atoms with Gasteiger partial charge in [0.25, 0.3) is 5.91 Å². The molecular formula is C20H25ClN2O3. The molecule has 2 rings (SSSR count). The second-order valence-corrected chi connectivity index (χ2v) is 6.31. The molecule has 1 aromatic carbocycles. The zero-order chi connectivity index (χ0) is 18.9. The van der Waals surface area contributed by atoms with Crippen LogP contribution >= 0.6 is 11.6 Å². The van der Waals surface area contributed by atoms with Crippen molar-refractivity contribution in [3.05, 3.63) is 52.8 Å². The first-order valence-electron chi connectivity index (χ1n) is 8.81. The average molecular weight is 377 g/mol. The van der Waals surface area contributed by atoms with Crippen molar-refractivity contribution in [2.75, 3.05) is 20.3 Å². The molecule has 0 atom stereocenters. The van der Waals surface area contributed by atoms with Crippen molar-refractivity contribution in [1.29, 1.82) is 0 Å². The average Bonchev–Trinajstić information content (AvgIpc) is 2.64. The van der Waals surface area contributed by atoms with Gasteiger partial charge in [0, 0.05) is 18.8 Å². The lowest BCUT2D eigenvalue weighted by Gasteiger charge is -2.19. The van der Waals surface area contributed by atoms with E-state index in [1.54, 1.807) is 30.3 Å². The van der Waals surface area contributed by atoms with Crippen LogP contribution in [-0.2, 0) is 6.54 Å². The SMILES string of the molecule is CCCCOc1c(Cl)cc(C(=O)N(C)Cc2ccccn2)cc1OCC. The number of rotatable bonds is 9. The first-order valence-corrected chi connectivity index (χ1v) is 9.19. The van der Waals surface area contributed by atoms with Gasteiger partial charge in [-0.05, 0) is 37.6 Å². The van der Waals surface area contributed by atoms with Gasteiger partial charge in [-0.25, -0.2) is 0 Å². The third kappa shape index (κ3) is 5.36. The van der Waals surface area contributed by atoms with Gasteiger partial charge in [0.15, 0.2) is 11.5 Å². The Balaban J connectivity index is 2.20. The van der Waals surface area contributed by atoms with E-state index in [0.717, 1.165) is 18.5 Å². The Hall–Kier alpha value is -2.27. The molecule has 0 aliphatic rings. The Morgan fingerprint density at radius 3 is 2.69 bits per heavy atom. The van der Waals surface area contributed by atoms with Crippen LogP contribution < -0.4 is 9.47 Å². The minimum Gasteiger partial charge on any atom is -0.490 e. The van der Waals surface area contributed by atoms with E-state index in [1.807, 2.05) is 25.1 Å². The van der Waals surface area contributed by atoms with E-state index >= 15 is 0 Å². The summed E-state index contributed by atoms with van der Waals surface area (Å²) in [5, 5.41) is 0.377. The summed E-state index contributed by atoms with van der Waals surface area (Å²) in [6, 6.07) is 8.94. The standard InChI is InChI=1S/C20H25ClN2O3/c1-4-6-11-26-19-17(21)12-15(13-18(19)25-5-2)20(24)23(3)14-16-9-7-8-10-22-16/h7-10,12-13H,4-6,11,14H2,1-3H3. The van der Waals surface area contributed by atoms with Crippen molar-refractivity contribution < 1.29 is 14.3 Å². The van der Waals surface area contributed by atoms with Gasteiger partial charge < -0.3 is 14.4 Å². The summed E-state index contributed by atoms with van der Waals surface area (Å²) in [4.78, 5) is 18.6. The second kappa shape index (κ2) is 10.0. The lowest BCUT2D eigenvalue weighted by atomic mass is 10.1. The number of carbonyl (C=O) groups excluding carboxylic acids is 1. The van der Waals surface area contributed by atoms with E-state index in [4.69, 9.17) is 21.1 Å². The molecule has 0 spiro atoms. The van der Waals surface area contributed by atoms with Gasteiger partial charge >= 0.3 is 0 Å². The van der Waals surface area contributed by atoms with Crippen LogP contribution in [0, 0.1) is 0 Å². The highest BCUT2D eigenvalue weighted by Crippen LogP contribution is 2.37. The van der Waals surface area contributed by atoms with Crippen molar-refractivity contribution in [1.82, 2.24) is 9.88 Å². The molecule has 1 amide bonds. The van der Waals surface area contributed by atoms with Gasteiger partial charge in [-0.3, -0.25) is 9.78 Å². The van der Waals surface area contributed by atoms with E-state index in [1.165, 1.54) is 0 Å². The Morgan fingerprint density at radius 1 is 1.23 bits per heavy atom. The van der Waals surface area contributed by atoms with Gasteiger partial charge in [0.1, 0.15) is 0 Å². The van der Waals surface area contributed by atoms with Crippen LogP contribution in [0.5, 0.6) is 11.5 Å². The zero-order valence-corrected chi connectivity index (χ0v) is 16.3. The second-order valence-electron chi connectivity index (χ2n) is 5.90. The molecule has 0 bridgehead atoms. The summed E-state index contributed by atoms with van der Waals surface area (Å²) < 4.78 is 11.4. The van der Waals surface area contributed by atoms with E-state index in [-0.39, 0.29) is 5.91 Å². The lowest BCUT2D eigenvalue weighted by molar-refractivity contribution is 0.0783. The molecule has 0 saturated heterocycles. The fourth-order valence-corrected chi connectivity index (χ4v) is 2.71. The summed E-state index contributed by atoms with van der Waals surface area (Å²) in [6.07, 6.45) is 3.66. The molecule has 6 heteroatoms. The number of unbranched alkanes of at least 4 members (excludes halogenated alkanes) is 1. The van der Waals surface area contributed by atoms with Crippen molar-refractivity contribution in [2.45, 2.75) is 33.2 Å². The summed E-state index contributed by atoms with van der Waals surface area (Å²) in [5.74, 6) is 0.829. The van der Waals surface area contributed by atoms with E-state index in [2.05, 4.69) is 11.9 Å². The molecule has 0 unspecified atom stereocenters. The molecule has 0 radical (unpaired) electrons. The number of nitrogens with zero attached hydrogens (tertiary/aromatic N) is 2. The summed E-state index contributed by atoms with van der Waals surface area (Å²) in [7, 11) is 1.73. The molecule has 5 nitrogen and oxygen atoms in total. The predicted octanol–water partition coefficient (Wildman–Crippen LogP) is 4.58. The number of pyridine rings is 1. The fourth-order valence-electron chi connectivity index (χ4n) is 2.44. The van der Waals surface area contributed by atoms with Gasteiger partial charge in [-0.2, -0.15) is 0 Å². The van der Waals surface area contributed by atoms with Crippen molar-refractivity contribution >= 4 is 17.5 Å². The Labute approximate surface area is 159 Å². The third-order valence-corrected chi connectivity index (χ3v) is 4.05. The molecule has 0 fully saturated rings. The molecule has 140 valence electrons. The number of amides is 1. The number of hydrogen-bond donors (Lipinski definition) is 0. The zero-order valence-electron chi connectivity index (χ0n) is 15.5. The summed E-state index contributed by atoms with van der Waals surface area (Å²) in [6.45, 7) is 5.40. The molecule has 0 N–H and O–H groups in total. The fraction of sp³-hybridized carbons (Fsp3) is 0.400. The van der Waals surface area contributed by atoms with Gasteiger partial charge in [-0.15, -0.1) is 0 Å². The van der Waals surface area contributed by atoms with Gasteiger partial charge in [0.2, 0.25) is 0 Å². The minimum absolute atomic E-state index is 0.154. The number of carbonyl (C=O) groups is 1. The van der Waals surface area contributed by atoms with Crippen molar-refractivity contribution in [3.63, 3.8) is 0 Å². The van der Waals surface area contributed by atoms with Crippen LogP contribution in [0.25, 0.3) is 0 Å². The van der Waals surface area contributed by atoms with E-state index in [0.29, 0.717) is 41.8 Å². The molecule has 0 saturated carbocycles. The van der Waals surface area contributed by atoms with Gasteiger partial charge in [0.05, 0.1) is 30.5 Å². The number of aromatic nitrogens is 1. The lowest BCUT2D eigenvalue weighted by Crippen LogP contribution is -2.26. The predicted molar refractivity (Wildman–Crippen MR) is 103 cm³/mol. The van der Waals surface area contributed by atoms with E-state index < -0.39 is 0 Å². The topological polar surface area (TPSA) is 51.7 Å². The maximum absolute atomic E-state index is 12.8. The van der Waals surface area contributed by atoms with Crippen LogP contribution in [0.1, 0.15) is 42.7 Å². The van der Waals surface area contributed by atoms with Crippen LogP contribution in [0.2, 0.25) is 5.02 Å². The van der Waals surface area contributed by atoms with Crippen LogP contribution in [0.15, 0.2) is 36.5 Å². The van der Waals surface area contributed by atoms with E-state index in [9.17, 15) is 4.79 Å². The van der Waals surface area contributed by atoms with Crippen molar-refractivity contribution in [3.8, 4) is 11.5 Å². The molecule has 26 heavy (non-hydrogen) atoms. The number of hydrogen-bond acceptors (Lipinski definition) is 4. The van der Waals surface area contributed by atoms with Gasteiger partial charge in [-0.1, -0.05) is 31.0 Å². The molecular weight excluding hydrogens is 352 g/mol. The molecule has 1 aromatic heterocycles. The van der Waals surface area contributed by atoms with Crippen molar-refractivity contribution in [2.24, 2.45) is 0 Å². The molecule has 0 aliphatic carbocycles. The van der Waals surface area contributed by atoms with Crippen LogP contribution in [0.4, 0.5) is 0 Å². The molecule has 0 aliphatic heterocycles. The smallest absolute Gasteiger partial charge is 0.254 e. The summed E-state index contributed by atoms with van der Waals surface area (Å²) in [5.41, 5.74) is 1.28. The molecule has 2 aromatic rings. The third-order valence-electron chi connectivity index (χ3n) is 3.77. The quantitative estimate of drug-likeness (QED) is 0.601. The molecule has 1 heterocycles. The first-order chi connectivity index (χ1) is 12.6. The number of benzene rings is 1. The maximum Gasteiger partial charge on any atom is 0.254 e. The highest BCUT2D eigenvalue weighted by Gasteiger charge is 2.19. The Morgan fingerprint density at radius 2 is 2.04 bits per heavy atom. The summed E-state index contributed by atoms with van der Waals surface area (Å²) >= 11 is 6.37. The van der Waals surface area contributed by atoms with Crippen LogP contribution in [0.3, 0.4) is 0 Å². The Kier molecular flexibility index (Phi) is 7.73. The maximum atomic E-state index is 12.8. The minimum atomic E-state index is -0.154. The normalized spacial score (nSPS) is 10.5. The highest BCUT2D eigenvalue weighted by molar-refractivity contribution is 6.32. The first kappa shape index (κ1) is 20.0. The van der Waals surface area contributed by atoms with Crippen LogP contribution in [-0.4, -0.2) is 36.1 Å². The highest BCUT2D eigenvalue weighted by atomic mass is 35.5. The Bertz CT molecular complexity index is 722. The monoisotopic (exact) mass is 376 g/mol.